The number of amides is 1. The zero-order valence-electron chi connectivity index (χ0n) is 12.1. The van der Waals surface area contributed by atoms with Gasteiger partial charge in [-0.25, -0.2) is 9.78 Å². The van der Waals surface area contributed by atoms with Gasteiger partial charge in [-0.05, 0) is 38.8 Å². The minimum Gasteiger partial charge on any atom is -0.444 e. The molecule has 0 radical (unpaired) electrons. The molecule has 0 spiro atoms. The van der Waals surface area contributed by atoms with Gasteiger partial charge in [0.2, 0.25) is 0 Å². The Balaban J connectivity index is 2.39. The lowest BCUT2D eigenvalue weighted by atomic mass is 10.2. The predicted octanol–water partition coefficient (Wildman–Crippen LogP) is 2.93. The SMILES string of the molecule is CCCNc1ccc(CNC(=O)OC(C)(C)C)cn1. The van der Waals surface area contributed by atoms with Gasteiger partial charge in [0.1, 0.15) is 11.4 Å². The van der Waals surface area contributed by atoms with Crippen LogP contribution in [0, 0.1) is 0 Å². The first-order valence-electron chi connectivity index (χ1n) is 6.56. The molecule has 0 bridgehead atoms. The fraction of sp³-hybridized carbons (Fsp3) is 0.571. The molecule has 1 aromatic rings. The van der Waals surface area contributed by atoms with Crippen molar-refractivity contribution in [1.82, 2.24) is 10.3 Å². The Hall–Kier alpha value is -1.78. The summed E-state index contributed by atoms with van der Waals surface area (Å²) in [5, 5.41) is 5.89. The van der Waals surface area contributed by atoms with Crippen LogP contribution in [0.15, 0.2) is 18.3 Å². The Labute approximate surface area is 114 Å². The van der Waals surface area contributed by atoms with Crippen LogP contribution in [0.2, 0.25) is 0 Å². The number of nitrogens with zero attached hydrogens (tertiary/aromatic N) is 1. The van der Waals surface area contributed by atoms with Crippen molar-refractivity contribution in [3.05, 3.63) is 23.9 Å². The summed E-state index contributed by atoms with van der Waals surface area (Å²) < 4.78 is 5.15. The minimum atomic E-state index is -0.476. The summed E-state index contributed by atoms with van der Waals surface area (Å²) in [6, 6.07) is 3.84. The Bertz CT molecular complexity index is 396. The third-order valence-corrected chi connectivity index (χ3v) is 2.22. The Kier molecular flexibility index (Phi) is 5.60. The summed E-state index contributed by atoms with van der Waals surface area (Å²) in [5.41, 5.74) is 0.462. The first-order valence-corrected chi connectivity index (χ1v) is 6.56. The summed E-state index contributed by atoms with van der Waals surface area (Å²) in [7, 11) is 0. The summed E-state index contributed by atoms with van der Waals surface area (Å²) in [5.74, 6) is 0.850. The second-order valence-electron chi connectivity index (χ2n) is 5.33. The Morgan fingerprint density at radius 3 is 2.63 bits per heavy atom. The number of anilines is 1. The minimum absolute atomic E-state index is 0.413. The molecule has 1 heterocycles. The van der Waals surface area contributed by atoms with Gasteiger partial charge >= 0.3 is 6.09 Å². The molecule has 0 fully saturated rings. The van der Waals surface area contributed by atoms with Crippen LogP contribution in [0.3, 0.4) is 0 Å². The number of hydrogen-bond acceptors (Lipinski definition) is 4. The second-order valence-corrected chi connectivity index (χ2v) is 5.33. The maximum absolute atomic E-state index is 11.5. The van der Waals surface area contributed by atoms with E-state index in [9.17, 15) is 4.79 Å². The van der Waals surface area contributed by atoms with E-state index in [2.05, 4.69) is 22.5 Å². The van der Waals surface area contributed by atoms with E-state index >= 15 is 0 Å². The fourth-order valence-corrected chi connectivity index (χ4v) is 1.38. The molecule has 2 N–H and O–H groups in total. The van der Waals surface area contributed by atoms with E-state index in [1.807, 2.05) is 32.9 Å². The first-order chi connectivity index (χ1) is 8.90. The highest BCUT2D eigenvalue weighted by molar-refractivity contribution is 5.67. The van der Waals surface area contributed by atoms with Gasteiger partial charge in [0.25, 0.3) is 0 Å². The van der Waals surface area contributed by atoms with Crippen molar-refractivity contribution < 1.29 is 9.53 Å². The number of hydrogen-bond donors (Lipinski definition) is 2. The van der Waals surface area contributed by atoms with Crippen LogP contribution in [0.25, 0.3) is 0 Å². The van der Waals surface area contributed by atoms with Gasteiger partial charge in [-0.2, -0.15) is 0 Å². The van der Waals surface area contributed by atoms with Gasteiger partial charge < -0.3 is 15.4 Å². The summed E-state index contributed by atoms with van der Waals surface area (Å²) in [6.07, 6.45) is 2.39. The average molecular weight is 265 g/mol. The third kappa shape index (κ3) is 6.64. The van der Waals surface area contributed by atoms with Crippen molar-refractivity contribution in [3.8, 4) is 0 Å². The maximum atomic E-state index is 11.5. The quantitative estimate of drug-likeness (QED) is 0.859. The van der Waals surface area contributed by atoms with Crippen LogP contribution >= 0.6 is 0 Å². The number of carbonyl (C=O) groups is 1. The lowest BCUT2D eigenvalue weighted by molar-refractivity contribution is 0.0523. The van der Waals surface area contributed by atoms with Gasteiger partial charge in [0, 0.05) is 19.3 Å². The largest absolute Gasteiger partial charge is 0.444 e. The van der Waals surface area contributed by atoms with Gasteiger partial charge in [-0.15, -0.1) is 0 Å². The van der Waals surface area contributed by atoms with E-state index < -0.39 is 11.7 Å². The predicted molar refractivity (Wildman–Crippen MR) is 76.1 cm³/mol. The number of aromatic nitrogens is 1. The van der Waals surface area contributed by atoms with E-state index in [4.69, 9.17) is 4.74 Å². The van der Waals surface area contributed by atoms with Gasteiger partial charge in [0.15, 0.2) is 0 Å². The van der Waals surface area contributed by atoms with Gasteiger partial charge in [-0.3, -0.25) is 0 Å². The number of carbonyl (C=O) groups excluding carboxylic acids is 1. The molecule has 106 valence electrons. The lowest BCUT2D eigenvalue weighted by Gasteiger charge is -2.19. The molecule has 0 aliphatic rings. The van der Waals surface area contributed by atoms with Crippen molar-refractivity contribution in [3.63, 3.8) is 0 Å². The Morgan fingerprint density at radius 1 is 1.37 bits per heavy atom. The molecule has 0 unspecified atom stereocenters. The molecule has 1 aromatic heterocycles. The normalized spacial score (nSPS) is 10.9. The average Bonchev–Trinajstić information content (AvgIpc) is 2.33. The molecule has 0 aliphatic heterocycles. The third-order valence-electron chi connectivity index (χ3n) is 2.22. The van der Waals surface area contributed by atoms with Crippen molar-refractivity contribution in [2.75, 3.05) is 11.9 Å². The molecule has 0 atom stereocenters. The first kappa shape index (κ1) is 15.3. The van der Waals surface area contributed by atoms with Crippen LogP contribution in [0.1, 0.15) is 39.7 Å². The van der Waals surface area contributed by atoms with Crippen molar-refractivity contribution >= 4 is 11.9 Å². The molecule has 1 amide bonds. The monoisotopic (exact) mass is 265 g/mol. The van der Waals surface area contributed by atoms with Crippen molar-refractivity contribution in [2.24, 2.45) is 0 Å². The van der Waals surface area contributed by atoms with Crippen LogP contribution < -0.4 is 10.6 Å². The smallest absolute Gasteiger partial charge is 0.407 e. The molecule has 0 saturated carbocycles. The standard InChI is InChI=1S/C14H23N3O2/c1-5-8-15-12-7-6-11(9-16-12)10-17-13(18)19-14(2,3)4/h6-7,9H,5,8,10H2,1-4H3,(H,15,16)(H,17,18). The molecule has 0 aliphatic carbocycles. The number of rotatable bonds is 5. The van der Waals surface area contributed by atoms with Crippen LogP contribution in [0.5, 0.6) is 0 Å². The number of nitrogens with one attached hydrogen (secondary N) is 2. The highest BCUT2D eigenvalue weighted by Crippen LogP contribution is 2.08. The van der Waals surface area contributed by atoms with E-state index in [1.165, 1.54) is 0 Å². The van der Waals surface area contributed by atoms with Gasteiger partial charge in [0.05, 0.1) is 0 Å². The molecule has 5 nitrogen and oxygen atoms in total. The van der Waals surface area contributed by atoms with Crippen LogP contribution in [0.4, 0.5) is 10.6 Å². The lowest BCUT2D eigenvalue weighted by Crippen LogP contribution is -2.32. The van der Waals surface area contributed by atoms with Crippen LogP contribution in [-0.4, -0.2) is 23.2 Å². The van der Waals surface area contributed by atoms with Crippen LogP contribution in [-0.2, 0) is 11.3 Å². The molecular weight excluding hydrogens is 242 g/mol. The summed E-state index contributed by atoms with van der Waals surface area (Å²) >= 11 is 0. The molecule has 5 heteroatoms. The van der Waals surface area contributed by atoms with E-state index in [-0.39, 0.29) is 0 Å². The molecule has 19 heavy (non-hydrogen) atoms. The van der Waals surface area contributed by atoms with Gasteiger partial charge in [-0.1, -0.05) is 13.0 Å². The zero-order valence-corrected chi connectivity index (χ0v) is 12.1. The molecule has 0 aromatic carbocycles. The second kappa shape index (κ2) is 6.97. The van der Waals surface area contributed by atoms with E-state index in [1.54, 1.807) is 6.20 Å². The van der Waals surface area contributed by atoms with Crippen molar-refractivity contribution in [1.29, 1.82) is 0 Å². The van der Waals surface area contributed by atoms with E-state index in [0.717, 1.165) is 24.3 Å². The Morgan fingerprint density at radius 2 is 2.11 bits per heavy atom. The maximum Gasteiger partial charge on any atom is 0.407 e. The topological polar surface area (TPSA) is 63.2 Å². The summed E-state index contributed by atoms with van der Waals surface area (Å²) in [6.45, 7) is 8.93. The van der Waals surface area contributed by atoms with E-state index in [0.29, 0.717) is 6.54 Å². The molecule has 1 rings (SSSR count). The molecule has 0 saturated heterocycles. The zero-order chi connectivity index (χ0) is 14.3. The molecular formula is C14H23N3O2. The van der Waals surface area contributed by atoms with Crippen molar-refractivity contribution in [2.45, 2.75) is 46.3 Å². The highest BCUT2D eigenvalue weighted by Gasteiger charge is 2.15. The fourth-order valence-electron chi connectivity index (χ4n) is 1.38. The highest BCUT2D eigenvalue weighted by atomic mass is 16.6. The summed E-state index contributed by atoms with van der Waals surface area (Å²) in [4.78, 5) is 15.7. The number of pyridine rings is 1. The number of alkyl carbamates (subject to hydrolysis) is 1. The number of ether oxygens (including phenoxy) is 1.